The van der Waals surface area contributed by atoms with Crippen LogP contribution in [0.3, 0.4) is 0 Å². The number of methoxy groups -OCH3 is 1. The highest BCUT2D eigenvalue weighted by atomic mass is 35.5. The van der Waals surface area contributed by atoms with E-state index in [1.54, 1.807) is 35.1 Å². The van der Waals surface area contributed by atoms with E-state index >= 15 is 0 Å². The molecule has 0 saturated carbocycles. The van der Waals surface area contributed by atoms with Crippen LogP contribution in [-0.2, 0) is 11.4 Å². The Morgan fingerprint density at radius 2 is 1.67 bits per heavy atom. The summed E-state index contributed by atoms with van der Waals surface area (Å²) in [5, 5.41) is 0.874. The van der Waals surface area contributed by atoms with E-state index in [9.17, 15) is 4.79 Å². The highest BCUT2D eigenvalue weighted by molar-refractivity contribution is 7.80. The predicted molar refractivity (Wildman–Crippen MR) is 136 cm³/mol. The molecule has 1 heterocycles. The van der Waals surface area contributed by atoms with Crippen molar-refractivity contribution < 1.29 is 14.3 Å². The van der Waals surface area contributed by atoms with E-state index in [0.29, 0.717) is 46.0 Å². The standard InChI is InChI=1S/C26H23ClN2O3S/c1-3-28-25(30)22(29(26(28)33)20-12-8-5-9-13-20)14-19-15-23(31-2)24(16-21(19)27)32-17-18-10-6-4-7-11-18/h4-16H,3,17H2,1-2H3/b22-14+. The van der Waals surface area contributed by atoms with Gasteiger partial charge in [0.2, 0.25) is 0 Å². The summed E-state index contributed by atoms with van der Waals surface area (Å²) in [6.45, 7) is 2.75. The number of hydrogen-bond donors (Lipinski definition) is 0. The Kier molecular flexibility index (Phi) is 6.96. The molecule has 1 aliphatic rings. The first-order chi connectivity index (χ1) is 16.0. The van der Waals surface area contributed by atoms with Crippen molar-refractivity contribution in [1.29, 1.82) is 0 Å². The van der Waals surface area contributed by atoms with Crippen LogP contribution >= 0.6 is 23.8 Å². The third-order valence-corrected chi connectivity index (χ3v) is 6.00. The van der Waals surface area contributed by atoms with Gasteiger partial charge in [0.1, 0.15) is 12.3 Å². The lowest BCUT2D eigenvalue weighted by atomic mass is 10.1. The number of ether oxygens (including phenoxy) is 2. The Bertz CT molecular complexity index is 1200. The van der Waals surface area contributed by atoms with Crippen molar-refractivity contribution in [2.75, 3.05) is 18.6 Å². The molecule has 0 radical (unpaired) electrons. The summed E-state index contributed by atoms with van der Waals surface area (Å²) in [5.41, 5.74) is 2.90. The van der Waals surface area contributed by atoms with Crippen molar-refractivity contribution >= 4 is 46.6 Å². The van der Waals surface area contributed by atoms with Crippen LogP contribution in [0.5, 0.6) is 11.5 Å². The summed E-state index contributed by atoms with van der Waals surface area (Å²) < 4.78 is 11.5. The van der Waals surface area contributed by atoms with Gasteiger partial charge in [0.05, 0.1) is 12.1 Å². The number of carbonyl (C=O) groups excluding carboxylic acids is 1. The SMILES string of the molecule is CCN1C(=O)/C(=C\c2cc(OC)c(OCc3ccccc3)cc2Cl)N(c2ccccc2)C1=S. The summed E-state index contributed by atoms with van der Waals surface area (Å²) in [7, 11) is 1.57. The lowest BCUT2D eigenvalue weighted by Crippen LogP contribution is -2.32. The van der Waals surface area contributed by atoms with Crippen molar-refractivity contribution in [1.82, 2.24) is 4.90 Å². The van der Waals surface area contributed by atoms with Gasteiger partial charge in [-0.2, -0.15) is 0 Å². The van der Waals surface area contributed by atoms with E-state index in [1.807, 2.05) is 67.6 Å². The minimum atomic E-state index is -0.175. The van der Waals surface area contributed by atoms with E-state index in [0.717, 1.165) is 11.3 Å². The predicted octanol–water partition coefficient (Wildman–Crippen LogP) is 5.92. The maximum absolute atomic E-state index is 13.2. The van der Waals surface area contributed by atoms with Crippen molar-refractivity contribution in [2.24, 2.45) is 0 Å². The first-order valence-corrected chi connectivity index (χ1v) is 11.3. The van der Waals surface area contributed by atoms with Crippen LogP contribution in [0.25, 0.3) is 6.08 Å². The molecular weight excluding hydrogens is 456 g/mol. The zero-order valence-corrected chi connectivity index (χ0v) is 19.9. The Morgan fingerprint density at radius 3 is 2.30 bits per heavy atom. The number of nitrogens with zero attached hydrogens (tertiary/aromatic N) is 2. The molecular formula is C26H23ClN2O3S. The fraction of sp³-hybridized carbons (Fsp3) is 0.154. The second-order valence-electron chi connectivity index (χ2n) is 7.33. The Hall–Kier alpha value is -3.35. The van der Waals surface area contributed by atoms with Crippen LogP contribution < -0.4 is 14.4 Å². The van der Waals surface area contributed by atoms with Gasteiger partial charge < -0.3 is 9.47 Å². The van der Waals surface area contributed by atoms with Crippen LogP contribution in [0.2, 0.25) is 5.02 Å². The molecule has 0 aromatic heterocycles. The minimum Gasteiger partial charge on any atom is -0.493 e. The fourth-order valence-electron chi connectivity index (χ4n) is 3.59. The first-order valence-electron chi connectivity index (χ1n) is 10.5. The highest BCUT2D eigenvalue weighted by Gasteiger charge is 2.38. The monoisotopic (exact) mass is 478 g/mol. The quantitative estimate of drug-likeness (QED) is 0.311. The number of rotatable bonds is 7. The van der Waals surface area contributed by atoms with Gasteiger partial charge in [0.15, 0.2) is 16.6 Å². The number of benzene rings is 3. The number of carbonyl (C=O) groups is 1. The molecule has 0 atom stereocenters. The normalized spacial score (nSPS) is 14.8. The largest absolute Gasteiger partial charge is 0.493 e. The van der Waals surface area contributed by atoms with Crippen molar-refractivity contribution in [3.63, 3.8) is 0 Å². The molecule has 168 valence electrons. The van der Waals surface area contributed by atoms with E-state index < -0.39 is 0 Å². The molecule has 0 spiro atoms. The molecule has 0 bridgehead atoms. The number of para-hydroxylation sites is 1. The van der Waals surface area contributed by atoms with Crippen LogP contribution in [0.4, 0.5) is 5.69 Å². The van der Waals surface area contributed by atoms with Gasteiger partial charge in [0.25, 0.3) is 5.91 Å². The fourth-order valence-corrected chi connectivity index (χ4v) is 4.22. The number of halogens is 1. The van der Waals surface area contributed by atoms with Gasteiger partial charge in [-0.1, -0.05) is 60.1 Å². The molecule has 3 aromatic rings. The molecule has 4 rings (SSSR count). The molecule has 5 nitrogen and oxygen atoms in total. The zero-order chi connectivity index (χ0) is 23.4. The number of hydrogen-bond acceptors (Lipinski definition) is 4. The first kappa shape index (κ1) is 22.8. The number of amides is 1. The summed E-state index contributed by atoms with van der Waals surface area (Å²) in [6.07, 6.45) is 1.74. The third kappa shape index (κ3) is 4.72. The second kappa shape index (κ2) is 10.1. The van der Waals surface area contributed by atoms with E-state index in [1.165, 1.54) is 0 Å². The van der Waals surface area contributed by atoms with Crippen molar-refractivity contribution in [3.8, 4) is 11.5 Å². The molecule has 33 heavy (non-hydrogen) atoms. The molecule has 0 aliphatic carbocycles. The molecule has 1 fully saturated rings. The summed E-state index contributed by atoms with van der Waals surface area (Å²) >= 11 is 12.2. The van der Waals surface area contributed by atoms with Gasteiger partial charge in [0, 0.05) is 18.3 Å². The average Bonchev–Trinajstić information content (AvgIpc) is 3.08. The molecule has 0 unspecified atom stereocenters. The molecule has 1 saturated heterocycles. The van der Waals surface area contributed by atoms with E-state index in [4.69, 9.17) is 33.3 Å². The average molecular weight is 479 g/mol. The van der Waals surface area contributed by atoms with Gasteiger partial charge in [-0.25, -0.2) is 0 Å². The Morgan fingerprint density at radius 1 is 1.00 bits per heavy atom. The van der Waals surface area contributed by atoms with Crippen LogP contribution in [-0.4, -0.2) is 29.6 Å². The number of likely N-dealkylation sites (N-methyl/N-ethyl adjacent to an activating group) is 1. The van der Waals surface area contributed by atoms with Crippen LogP contribution in [0.1, 0.15) is 18.1 Å². The van der Waals surface area contributed by atoms with Crippen LogP contribution in [0.15, 0.2) is 78.5 Å². The summed E-state index contributed by atoms with van der Waals surface area (Å²) in [5.74, 6) is 0.872. The maximum atomic E-state index is 13.2. The Balaban J connectivity index is 1.70. The van der Waals surface area contributed by atoms with Gasteiger partial charge in [-0.15, -0.1) is 0 Å². The lowest BCUT2D eigenvalue weighted by Gasteiger charge is -2.19. The topological polar surface area (TPSA) is 42.0 Å². The minimum absolute atomic E-state index is 0.175. The lowest BCUT2D eigenvalue weighted by molar-refractivity contribution is -0.122. The van der Waals surface area contributed by atoms with Gasteiger partial charge >= 0.3 is 0 Å². The molecule has 1 amide bonds. The van der Waals surface area contributed by atoms with Gasteiger partial charge in [-0.3, -0.25) is 14.6 Å². The molecule has 7 heteroatoms. The second-order valence-corrected chi connectivity index (χ2v) is 8.10. The smallest absolute Gasteiger partial charge is 0.277 e. The van der Waals surface area contributed by atoms with Crippen molar-refractivity contribution in [2.45, 2.75) is 13.5 Å². The van der Waals surface area contributed by atoms with Crippen molar-refractivity contribution in [3.05, 3.63) is 94.6 Å². The maximum Gasteiger partial charge on any atom is 0.277 e. The zero-order valence-electron chi connectivity index (χ0n) is 18.3. The number of thiocarbonyl (C=S) groups is 1. The van der Waals surface area contributed by atoms with E-state index in [-0.39, 0.29) is 5.91 Å². The third-order valence-electron chi connectivity index (χ3n) is 5.27. The molecule has 0 N–H and O–H groups in total. The Labute approximate surface area is 203 Å². The molecule has 1 aliphatic heterocycles. The summed E-state index contributed by atoms with van der Waals surface area (Å²) in [6, 6.07) is 22.9. The highest BCUT2D eigenvalue weighted by Crippen LogP contribution is 2.37. The number of anilines is 1. The van der Waals surface area contributed by atoms with Gasteiger partial charge in [-0.05, 0) is 54.5 Å². The van der Waals surface area contributed by atoms with E-state index in [2.05, 4.69) is 0 Å². The van der Waals surface area contributed by atoms with Crippen LogP contribution in [0, 0.1) is 0 Å². The summed E-state index contributed by atoms with van der Waals surface area (Å²) in [4.78, 5) is 16.5. The molecule has 3 aromatic carbocycles.